The number of hydrogen-bond acceptors (Lipinski definition) is 3. The molecule has 0 unspecified atom stereocenters. The van der Waals surface area contributed by atoms with Gasteiger partial charge >= 0.3 is 5.97 Å². The number of esters is 1. The highest BCUT2D eigenvalue weighted by Gasteiger charge is 2.47. The fourth-order valence-electron chi connectivity index (χ4n) is 1.01. The minimum Gasteiger partial charge on any atom is -0.459 e. The second kappa shape index (κ2) is 2.81. The van der Waals surface area contributed by atoms with Crippen molar-refractivity contribution < 1.29 is 14.3 Å². The molecule has 0 atom stereocenters. The number of rotatable bonds is 3. The second-order valence-electron chi connectivity index (χ2n) is 2.81. The molecule has 0 aromatic carbocycles. The van der Waals surface area contributed by atoms with Crippen LogP contribution in [0.2, 0.25) is 0 Å². The normalized spacial score (nSPS) is 19.1. The number of carbonyl (C=O) groups is 2. The van der Waals surface area contributed by atoms with Gasteiger partial charge in [-0.3, -0.25) is 9.59 Å². The first kappa shape index (κ1) is 8.53. The van der Waals surface area contributed by atoms with Crippen LogP contribution >= 0.6 is 11.6 Å². The Kier molecular flexibility index (Phi) is 2.18. The Morgan fingerprint density at radius 1 is 1.55 bits per heavy atom. The molecule has 11 heavy (non-hydrogen) atoms. The highest BCUT2D eigenvalue weighted by Crippen LogP contribution is 2.43. The van der Waals surface area contributed by atoms with Gasteiger partial charge in [-0.15, -0.1) is 0 Å². The first-order valence-corrected chi connectivity index (χ1v) is 3.80. The van der Waals surface area contributed by atoms with Crippen LogP contribution in [0.1, 0.15) is 26.2 Å². The molecule has 0 bridgehead atoms. The maximum absolute atomic E-state index is 10.5. The van der Waals surface area contributed by atoms with E-state index in [2.05, 4.69) is 0 Å². The summed E-state index contributed by atoms with van der Waals surface area (Å²) in [7, 11) is 0. The van der Waals surface area contributed by atoms with Gasteiger partial charge in [0.05, 0.1) is 6.42 Å². The number of hydrogen-bond donors (Lipinski definition) is 0. The average molecular weight is 177 g/mol. The monoisotopic (exact) mass is 176 g/mol. The smallest absolute Gasteiger partial charge is 0.303 e. The predicted molar refractivity (Wildman–Crippen MR) is 39.2 cm³/mol. The summed E-state index contributed by atoms with van der Waals surface area (Å²) in [4.78, 5) is 21.0. The predicted octanol–water partition coefficient (Wildman–Crippen LogP) is 1.24. The zero-order chi connectivity index (χ0) is 8.48. The third-order valence-corrected chi connectivity index (χ3v) is 1.76. The Balaban J connectivity index is 2.41. The molecule has 0 N–H and O–H groups in total. The molecule has 62 valence electrons. The molecule has 1 saturated carbocycles. The third kappa shape index (κ3) is 2.50. The summed E-state index contributed by atoms with van der Waals surface area (Å²) in [5.74, 6) is -0.347. The van der Waals surface area contributed by atoms with Crippen LogP contribution in [0.4, 0.5) is 0 Å². The lowest BCUT2D eigenvalue weighted by molar-refractivity contribution is -0.149. The number of ether oxygens (including phenoxy) is 1. The highest BCUT2D eigenvalue weighted by molar-refractivity contribution is 6.63. The summed E-state index contributed by atoms with van der Waals surface area (Å²) in [5.41, 5.74) is -0.537. The Bertz CT molecular complexity index is 178. The molecule has 3 nitrogen and oxygen atoms in total. The SMILES string of the molecule is CC(=O)OC1(CC(=O)Cl)CC1. The Morgan fingerprint density at radius 2 is 2.09 bits per heavy atom. The van der Waals surface area contributed by atoms with Gasteiger partial charge in [-0.2, -0.15) is 0 Å². The summed E-state index contributed by atoms with van der Waals surface area (Å²) in [6, 6.07) is 0. The molecule has 0 saturated heterocycles. The van der Waals surface area contributed by atoms with Crippen molar-refractivity contribution in [1.29, 1.82) is 0 Å². The minimum atomic E-state index is -0.537. The van der Waals surface area contributed by atoms with Gasteiger partial charge in [0.2, 0.25) is 5.24 Å². The van der Waals surface area contributed by atoms with Crippen LogP contribution in [-0.2, 0) is 14.3 Å². The summed E-state index contributed by atoms with van der Waals surface area (Å²) >= 11 is 5.16. The van der Waals surface area contributed by atoms with E-state index in [0.29, 0.717) is 0 Å². The van der Waals surface area contributed by atoms with Crippen LogP contribution in [0.5, 0.6) is 0 Å². The van der Waals surface area contributed by atoms with E-state index in [0.717, 1.165) is 12.8 Å². The molecule has 1 rings (SSSR count). The van der Waals surface area contributed by atoms with E-state index in [4.69, 9.17) is 16.3 Å². The molecule has 0 spiro atoms. The summed E-state index contributed by atoms with van der Waals surface area (Å²) < 4.78 is 4.92. The van der Waals surface area contributed by atoms with Gasteiger partial charge in [0.1, 0.15) is 5.60 Å². The topological polar surface area (TPSA) is 43.4 Å². The molecular formula is C7H9ClO3. The van der Waals surface area contributed by atoms with Crippen molar-refractivity contribution in [3.63, 3.8) is 0 Å². The lowest BCUT2D eigenvalue weighted by Gasteiger charge is -2.11. The molecule has 0 radical (unpaired) electrons. The van der Waals surface area contributed by atoms with Gasteiger partial charge in [0.25, 0.3) is 0 Å². The fraction of sp³-hybridized carbons (Fsp3) is 0.714. The molecule has 0 heterocycles. The fourth-order valence-corrected chi connectivity index (χ4v) is 1.26. The Labute approximate surface area is 69.7 Å². The second-order valence-corrected chi connectivity index (χ2v) is 3.23. The molecule has 4 heteroatoms. The maximum atomic E-state index is 10.5. The van der Waals surface area contributed by atoms with Gasteiger partial charge in [0, 0.05) is 6.92 Å². The van der Waals surface area contributed by atoms with Gasteiger partial charge in [-0.1, -0.05) is 0 Å². The van der Waals surface area contributed by atoms with Crippen LogP contribution < -0.4 is 0 Å². The molecule has 0 aliphatic heterocycles. The van der Waals surface area contributed by atoms with Crippen molar-refractivity contribution in [3.8, 4) is 0 Å². The van der Waals surface area contributed by atoms with Crippen LogP contribution in [0, 0.1) is 0 Å². The van der Waals surface area contributed by atoms with Crippen LogP contribution in [0.25, 0.3) is 0 Å². The van der Waals surface area contributed by atoms with Crippen molar-refractivity contribution >= 4 is 22.8 Å². The number of carbonyl (C=O) groups excluding carboxylic acids is 2. The van der Waals surface area contributed by atoms with E-state index in [-0.39, 0.29) is 12.4 Å². The lowest BCUT2D eigenvalue weighted by Crippen LogP contribution is -2.19. The Hall–Kier alpha value is -0.570. The average Bonchev–Trinajstić information content (AvgIpc) is 2.43. The zero-order valence-electron chi connectivity index (χ0n) is 6.22. The first-order valence-electron chi connectivity index (χ1n) is 3.42. The van der Waals surface area contributed by atoms with Crippen molar-refractivity contribution in [1.82, 2.24) is 0 Å². The molecule has 0 aromatic heterocycles. The molecule has 1 fully saturated rings. The maximum Gasteiger partial charge on any atom is 0.303 e. The molecule has 1 aliphatic carbocycles. The third-order valence-electron chi connectivity index (χ3n) is 1.63. The van der Waals surface area contributed by atoms with E-state index in [9.17, 15) is 9.59 Å². The van der Waals surface area contributed by atoms with E-state index in [1.807, 2.05) is 0 Å². The van der Waals surface area contributed by atoms with Gasteiger partial charge in [-0.05, 0) is 24.4 Å². The van der Waals surface area contributed by atoms with E-state index >= 15 is 0 Å². The van der Waals surface area contributed by atoms with Crippen molar-refractivity contribution in [2.45, 2.75) is 31.8 Å². The van der Waals surface area contributed by atoms with Gasteiger partial charge < -0.3 is 4.74 Å². The molecule has 1 aliphatic rings. The van der Waals surface area contributed by atoms with E-state index < -0.39 is 10.8 Å². The lowest BCUT2D eigenvalue weighted by atomic mass is 10.2. The van der Waals surface area contributed by atoms with Crippen molar-refractivity contribution in [2.75, 3.05) is 0 Å². The van der Waals surface area contributed by atoms with E-state index in [1.54, 1.807) is 0 Å². The van der Waals surface area contributed by atoms with Crippen molar-refractivity contribution in [3.05, 3.63) is 0 Å². The molecule has 0 amide bonds. The van der Waals surface area contributed by atoms with Crippen LogP contribution in [0.3, 0.4) is 0 Å². The highest BCUT2D eigenvalue weighted by atomic mass is 35.5. The number of halogens is 1. The zero-order valence-corrected chi connectivity index (χ0v) is 6.98. The van der Waals surface area contributed by atoms with E-state index in [1.165, 1.54) is 6.92 Å². The van der Waals surface area contributed by atoms with Crippen LogP contribution in [-0.4, -0.2) is 16.8 Å². The summed E-state index contributed by atoms with van der Waals surface area (Å²) in [5, 5.41) is -0.441. The van der Waals surface area contributed by atoms with Crippen molar-refractivity contribution in [2.24, 2.45) is 0 Å². The molecular weight excluding hydrogens is 168 g/mol. The van der Waals surface area contributed by atoms with Gasteiger partial charge in [0.15, 0.2) is 0 Å². The first-order chi connectivity index (χ1) is 5.04. The standard InChI is InChI=1S/C7H9ClO3/c1-5(9)11-7(2-3-7)4-6(8)10/h2-4H2,1H3. The van der Waals surface area contributed by atoms with Gasteiger partial charge in [-0.25, -0.2) is 0 Å². The summed E-state index contributed by atoms with van der Waals surface area (Å²) in [6.45, 7) is 1.33. The summed E-state index contributed by atoms with van der Waals surface area (Å²) in [6.07, 6.45) is 1.66. The minimum absolute atomic E-state index is 0.147. The van der Waals surface area contributed by atoms with Crippen LogP contribution in [0.15, 0.2) is 0 Å². The Morgan fingerprint density at radius 3 is 2.36 bits per heavy atom. The quantitative estimate of drug-likeness (QED) is 0.480. The largest absolute Gasteiger partial charge is 0.459 e. The molecule has 0 aromatic rings.